The highest BCUT2D eigenvalue weighted by atomic mass is 16.5. The number of aliphatic hydroxyl groups is 5. The molecule has 0 spiro atoms. The number of Topliss-reactive ketones (excluding diaryl/α,β-unsaturated/α-hetero) is 2. The number of hydrogen-bond acceptors (Lipinski definition) is 10. The van der Waals surface area contributed by atoms with E-state index in [0.29, 0.717) is 43.1 Å². The number of ketones is 2. The third-order valence-corrected chi connectivity index (χ3v) is 19.9. The number of esters is 1. The summed E-state index contributed by atoms with van der Waals surface area (Å²) in [5, 5.41) is 65.0. The Morgan fingerprint density at radius 1 is 0.985 bits per heavy atom. The van der Waals surface area contributed by atoms with Gasteiger partial charge >= 0.3 is 5.97 Å². The van der Waals surface area contributed by atoms with Crippen LogP contribution in [-0.2, 0) is 19.1 Å². The molecule has 5 fully saturated rings. The first-order valence-electron chi connectivity index (χ1n) is 25.0. The number of nitrogens with one attached hydrogen (secondary N) is 2. The van der Waals surface area contributed by atoms with E-state index in [9.17, 15) is 39.9 Å². The number of ether oxygens (including phenoxy) is 1. The van der Waals surface area contributed by atoms with Crippen LogP contribution in [0.25, 0.3) is 0 Å². The van der Waals surface area contributed by atoms with Crippen LogP contribution in [0.3, 0.4) is 0 Å². The zero-order chi connectivity index (χ0) is 46.1. The summed E-state index contributed by atoms with van der Waals surface area (Å²) in [6, 6.07) is 1.96. The highest BCUT2D eigenvalue weighted by Crippen LogP contribution is 2.71. The van der Waals surface area contributed by atoms with Crippen molar-refractivity contribution in [1.82, 2.24) is 10.3 Å². The molecule has 0 amide bonds. The van der Waals surface area contributed by atoms with Crippen molar-refractivity contribution in [2.45, 2.75) is 141 Å². The molecule has 1 saturated heterocycles. The molecule has 1 aromatic rings. The molecule has 21 atom stereocenters. The second-order valence-corrected chi connectivity index (χ2v) is 23.5. The topological polar surface area (TPSA) is 189 Å². The van der Waals surface area contributed by atoms with Crippen LogP contribution in [0.1, 0.15) is 117 Å². The van der Waals surface area contributed by atoms with E-state index < -0.39 is 64.0 Å². The van der Waals surface area contributed by atoms with Gasteiger partial charge in [-0.1, -0.05) is 57.4 Å². The van der Waals surface area contributed by atoms with Crippen LogP contribution >= 0.6 is 0 Å². The van der Waals surface area contributed by atoms with Gasteiger partial charge in [-0.3, -0.25) is 14.4 Å². The standard InChI is InChI=1S/C54H72N2O9/c1-27-10-11-30-20-31-12-13-35-34(37-26-65-50(62)44(37)33-15-17-55-25-33)9-7-8-32-22-54(64)46-38(51(4)23-41(59)40(58)21-39(51)48(61)47(46)56-24-29(3)57)14-16-52(54,5)49(32)53(6,63)42(60)19-28(2)43(31)45(35)36(30)18-27/h12-13,15,17,20,25,27-28,31-32,34-45,49,55-56,58-60,63-64H,8,10-11,14,16,18-19,21-24,26H2,1-6H3. The van der Waals surface area contributed by atoms with Crippen LogP contribution in [0.15, 0.2) is 53.5 Å². The minimum atomic E-state index is -1.67. The number of allylic oxidation sites excluding steroid dienone is 5. The van der Waals surface area contributed by atoms with Gasteiger partial charge in [0.05, 0.1) is 54.3 Å². The lowest BCUT2D eigenvalue weighted by atomic mass is 9.45. The Bertz CT molecular complexity index is 2250. The molecule has 8 aliphatic carbocycles. The SMILES string of the molecule is CC(=O)CNC1=C2C(CCC3(C)C4C(CC#CC(C5COC(=O)C5c5cc[nH]c5)C5C=CC6C=C7CCC(C)CC7C5C6C(C)CC(O)C4(C)O)CC23O)C2(C)CC(O)C(O)CC2C1=O. The third-order valence-electron chi connectivity index (χ3n) is 19.9. The number of cyclic esters (lactones) is 1. The summed E-state index contributed by atoms with van der Waals surface area (Å²) in [5.74, 6) is 5.38. The highest BCUT2D eigenvalue weighted by molar-refractivity contribution is 6.00. The van der Waals surface area contributed by atoms with Gasteiger partial charge in [0.15, 0.2) is 5.78 Å². The molecular weight excluding hydrogens is 821 g/mol. The van der Waals surface area contributed by atoms with Crippen LogP contribution < -0.4 is 5.32 Å². The Hall–Kier alpha value is -3.53. The largest absolute Gasteiger partial charge is 0.465 e. The maximum absolute atomic E-state index is 14.8. The van der Waals surface area contributed by atoms with E-state index in [-0.39, 0.29) is 103 Å². The molecule has 0 radical (unpaired) electrons. The zero-order valence-corrected chi connectivity index (χ0v) is 39.1. The molecule has 0 aromatic carbocycles. The Morgan fingerprint density at radius 3 is 2.51 bits per heavy atom. The normalized spacial score (nSPS) is 50.1. The summed E-state index contributed by atoms with van der Waals surface area (Å²) in [5.41, 5.74) is -1.96. The fourth-order valence-corrected chi connectivity index (χ4v) is 16.9. The Kier molecular flexibility index (Phi) is 11.2. The molecule has 1 aliphatic heterocycles. The quantitative estimate of drug-likeness (QED) is 0.109. The van der Waals surface area contributed by atoms with E-state index >= 15 is 0 Å². The molecule has 10 rings (SSSR count). The molecule has 352 valence electrons. The second kappa shape index (κ2) is 16.0. The van der Waals surface area contributed by atoms with Gasteiger partial charge in [0.2, 0.25) is 0 Å². The van der Waals surface area contributed by atoms with E-state index in [0.717, 1.165) is 18.4 Å². The van der Waals surface area contributed by atoms with E-state index in [1.807, 2.05) is 32.3 Å². The minimum absolute atomic E-state index is 0.00134. The summed E-state index contributed by atoms with van der Waals surface area (Å²) in [7, 11) is 0. The lowest BCUT2D eigenvalue weighted by molar-refractivity contribution is -0.183. The smallest absolute Gasteiger partial charge is 0.313 e. The molecule has 11 nitrogen and oxygen atoms in total. The summed E-state index contributed by atoms with van der Waals surface area (Å²) in [6.45, 7) is 12.0. The molecule has 1 aromatic heterocycles. The number of hydrogen-bond donors (Lipinski definition) is 7. The second-order valence-electron chi connectivity index (χ2n) is 23.5. The van der Waals surface area contributed by atoms with Gasteiger partial charge in [-0.15, -0.1) is 5.92 Å². The average Bonchev–Trinajstić information content (AvgIpc) is 3.97. The van der Waals surface area contributed by atoms with Crippen molar-refractivity contribution in [1.29, 1.82) is 0 Å². The molecular formula is C54H72N2O9. The van der Waals surface area contributed by atoms with Crippen molar-refractivity contribution < 1.29 is 44.7 Å². The molecule has 21 unspecified atom stereocenters. The lowest BCUT2D eigenvalue weighted by Gasteiger charge is -2.61. The van der Waals surface area contributed by atoms with Crippen molar-refractivity contribution in [2.24, 2.45) is 87.8 Å². The van der Waals surface area contributed by atoms with Gasteiger partial charge < -0.3 is 40.6 Å². The van der Waals surface area contributed by atoms with Crippen LogP contribution in [-0.4, -0.2) is 90.7 Å². The molecule has 65 heavy (non-hydrogen) atoms. The number of carbonyl (C=O) groups excluding carboxylic acids is 3. The van der Waals surface area contributed by atoms with Gasteiger partial charge in [0.1, 0.15) is 5.78 Å². The van der Waals surface area contributed by atoms with E-state index in [1.165, 1.54) is 18.9 Å². The van der Waals surface area contributed by atoms with Crippen molar-refractivity contribution in [2.75, 3.05) is 13.2 Å². The van der Waals surface area contributed by atoms with E-state index in [1.54, 1.807) is 6.92 Å². The summed E-state index contributed by atoms with van der Waals surface area (Å²) < 4.78 is 5.95. The number of fused-ring (bicyclic) bond motifs is 8. The number of aliphatic hydroxyl groups excluding tert-OH is 3. The minimum Gasteiger partial charge on any atom is -0.465 e. The average molecular weight is 893 g/mol. The fourth-order valence-electron chi connectivity index (χ4n) is 16.9. The summed E-state index contributed by atoms with van der Waals surface area (Å²) >= 11 is 0. The number of aromatic nitrogens is 1. The molecule has 9 aliphatic rings. The van der Waals surface area contributed by atoms with Crippen LogP contribution in [0, 0.1) is 99.6 Å². The summed E-state index contributed by atoms with van der Waals surface area (Å²) in [4.78, 5) is 44.3. The van der Waals surface area contributed by atoms with Crippen LogP contribution in [0.4, 0.5) is 0 Å². The number of rotatable bonds is 5. The maximum atomic E-state index is 14.8. The lowest BCUT2D eigenvalue weighted by Crippen LogP contribution is -2.64. The molecule has 4 bridgehead atoms. The number of carbonyl (C=O) groups is 3. The van der Waals surface area contributed by atoms with Crippen molar-refractivity contribution in [3.8, 4) is 11.8 Å². The van der Waals surface area contributed by atoms with Crippen LogP contribution in [0.5, 0.6) is 0 Å². The molecule has 7 N–H and O–H groups in total. The highest BCUT2D eigenvalue weighted by Gasteiger charge is 2.73. The van der Waals surface area contributed by atoms with E-state index in [4.69, 9.17) is 4.74 Å². The van der Waals surface area contributed by atoms with Crippen molar-refractivity contribution in [3.05, 3.63) is 59.1 Å². The van der Waals surface area contributed by atoms with Gasteiger partial charge in [-0.2, -0.15) is 0 Å². The first-order valence-corrected chi connectivity index (χ1v) is 25.0. The summed E-state index contributed by atoms with van der Waals surface area (Å²) in [6.07, 6.45) is 13.2. The van der Waals surface area contributed by atoms with Gasteiger partial charge in [-0.05, 0) is 148 Å². The Labute approximate surface area is 384 Å². The number of aromatic amines is 1. The fraction of sp³-hybridized carbons (Fsp3) is 0.722. The number of H-pyrrole nitrogens is 1. The first kappa shape index (κ1) is 45.3. The zero-order valence-electron chi connectivity index (χ0n) is 39.1. The van der Waals surface area contributed by atoms with Crippen molar-refractivity contribution in [3.63, 3.8) is 0 Å². The third kappa shape index (κ3) is 6.79. The predicted octanol–water partition coefficient (Wildman–Crippen LogP) is 5.78. The Morgan fingerprint density at radius 2 is 1.77 bits per heavy atom. The van der Waals surface area contributed by atoms with Gasteiger partial charge in [-0.25, -0.2) is 0 Å². The molecule has 11 heteroatoms. The van der Waals surface area contributed by atoms with E-state index in [2.05, 4.69) is 54.2 Å². The van der Waals surface area contributed by atoms with Crippen LogP contribution in [0.2, 0.25) is 0 Å². The first-order chi connectivity index (χ1) is 30.8. The Balaban J connectivity index is 1.12. The maximum Gasteiger partial charge on any atom is 0.313 e. The van der Waals surface area contributed by atoms with Gasteiger partial charge in [0.25, 0.3) is 0 Å². The van der Waals surface area contributed by atoms with Gasteiger partial charge in [0, 0.05) is 47.9 Å². The monoisotopic (exact) mass is 893 g/mol. The predicted molar refractivity (Wildman–Crippen MR) is 243 cm³/mol. The molecule has 2 heterocycles. The van der Waals surface area contributed by atoms with Crippen molar-refractivity contribution >= 4 is 17.5 Å². The molecule has 4 saturated carbocycles.